The Hall–Kier alpha value is -1.39. The van der Waals surface area contributed by atoms with Crippen molar-refractivity contribution in [3.05, 3.63) is 0 Å². The molecule has 0 aromatic heterocycles. The van der Waals surface area contributed by atoms with E-state index in [1.807, 2.05) is 0 Å². The van der Waals surface area contributed by atoms with E-state index in [9.17, 15) is 14.4 Å². The second-order valence-electron chi connectivity index (χ2n) is 9.60. The van der Waals surface area contributed by atoms with E-state index in [-0.39, 0.29) is 18.1 Å². The van der Waals surface area contributed by atoms with E-state index in [4.69, 9.17) is 4.74 Å². The van der Waals surface area contributed by atoms with Crippen molar-refractivity contribution in [2.24, 2.45) is 0 Å². The van der Waals surface area contributed by atoms with Crippen LogP contribution in [0.25, 0.3) is 0 Å². The van der Waals surface area contributed by atoms with Gasteiger partial charge in [-0.2, -0.15) is 0 Å². The van der Waals surface area contributed by atoms with Crippen LogP contribution in [0.15, 0.2) is 0 Å². The van der Waals surface area contributed by atoms with Crippen LogP contribution in [0.1, 0.15) is 149 Å². The molecule has 0 fully saturated rings. The third-order valence-electron chi connectivity index (χ3n) is 6.11. The number of carbonyl (C=O) groups is 3. The number of Topliss-reactive ketones (excluding diaryl/α,β-unsaturated/α-hetero) is 1. The minimum atomic E-state index is -0.854. The van der Waals surface area contributed by atoms with Crippen LogP contribution >= 0.6 is 0 Å². The smallest absolute Gasteiger partial charge is 0.329 e. The molecule has 0 unspecified atom stereocenters. The molecule has 33 heavy (non-hydrogen) atoms. The Morgan fingerprint density at radius 1 is 0.636 bits per heavy atom. The largest absolute Gasteiger partial charge is 0.464 e. The maximum atomic E-state index is 12.4. The van der Waals surface area contributed by atoms with E-state index in [1.54, 1.807) is 0 Å². The molecule has 1 amide bonds. The summed E-state index contributed by atoms with van der Waals surface area (Å²) < 4.78 is 5.34. The van der Waals surface area contributed by atoms with Gasteiger partial charge in [-0.05, 0) is 19.8 Å². The van der Waals surface area contributed by atoms with Crippen molar-refractivity contribution in [2.45, 2.75) is 155 Å². The molecule has 0 aromatic carbocycles. The molecule has 0 spiro atoms. The fraction of sp³-hybridized carbons (Fsp3) is 0.893. The molecule has 194 valence electrons. The van der Waals surface area contributed by atoms with Gasteiger partial charge in [0.2, 0.25) is 5.91 Å². The van der Waals surface area contributed by atoms with Gasteiger partial charge in [0.05, 0.1) is 6.61 Å². The lowest BCUT2D eigenvalue weighted by molar-refractivity contribution is -0.149. The minimum absolute atomic E-state index is 0.000152. The first kappa shape index (κ1) is 31.6. The first-order valence-corrected chi connectivity index (χ1v) is 14.0. The van der Waals surface area contributed by atoms with Gasteiger partial charge in [-0.25, -0.2) is 4.79 Å². The number of esters is 1. The van der Waals surface area contributed by atoms with Crippen LogP contribution in [0.4, 0.5) is 0 Å². The molecular formula is C28H53NO4. The Balaban J connectivity index is 3.90. The second kappa shape index (κ2) is 23.8. The molecule has 0 bridgehead atoms. The summed E-state index contributed by atoms with van der Waals surface area (Å²) >= 11 is 0. The van der Waals surface area contributed by atoms with Gasteiger partial charge < -0.3 is 10.1 Å². The van der Waals surface area contributed by atoms with Crippen molar-refractivity contribution in [2.75, 3.05) is 6.61 Å². The number of carbonyl (C=O) groups excluding carboxylic acids is 3. The van der Waals surface area contributed by atoms with Gasteiger partial charge >= 0.3 is 5.97 Å². The Kier molecular flexibility index (Phi) is 22.8. The summed E-state index contributed by atoms with van der Waals surface area (Å²) in [6.45, 7) is 6.24. The first-order chi connectivity index (χ1) is 16.0. The molecule has 0 radical (unpaired) electrons. The molecule has 0 aliphatic heterocycles. The van der Waals surface area contributed by atoms with Gasteiger partial charge in [-0.15, -0.1) is 0 Å². The molecular weight excluding hydrogens is 414 g/mol. The van der Waals surface area contributed by atoms with Gasteiger partial charge in [0.25, 0.3) is 0 Å². The van der Waals surface area contributed by atoms with Crippen molar-refractivity contribution >= 4 is 17.7 Å². The molecule has 0 aromatic rings. The summed E-state index contributed by atoms with van der Waals surface area (Å²) in [6, 6.07) is -0.854. The maximum absolute atomic E-state index is 12.4. The number of hydrogen-bond acceptors (Lipinski definition) is 4. The fourth-order valence-electron chi connectivity index (χ4n) is 4.03. The zero-order valence-corrected chi connectivity index (χ0v) is 22.1. The van der Waals surface area contributed by atoms with Crippen molar-refractivity contribution in [3.8, 4) is 0 Å². The van der Waals surface area contributed by atoms with E-state index in [0.29, 0.717) is 13.0 Å². The van der Waals surface area contributed by atoms with Crippen LogP contribution in [0, 0.1) is 0 Å². The van der Waals surface area contributed by atoms with Gasteiger partial charge in [0.1, 0.15) is 11.8 Å². The maximum Gasteiger partial charge on any atom is 0.329 e. The molecule has 0 rings (SSSR count). The number of ketones is 1. The van der Waals surface area contributed by atoms with E-state index in [2.05, 4.69) is 19.2 Å². The van der Waals surface area contributed by atoms with Crippen LogP contribution in [-0.4, -0.2) is 30.3 Å². The molecule has 0 heterocycles. The lowest BCUT2D eigenvalue weighted by atomic mass is 10.0. The monoisotopic (exact) mass is 467 g/mol. The fourth-order valence-corrected chi connectivity index (χ4v) is 4.03. The molecule has 0 saturated carbocycles. The standard InChI is InChI=1S/C28H53NO4/c1-4-6-8-10-12-13-14-15-16-18-20-22-27(31)29-26(24-25(3)30)28(32)33-23-21-19-17-11-9-7-5-2/h26H,4-24H2,1-3H3,(H,29,31)/t26-/m0/s1. The van der Waals surface area contributed by atoms with Crippen LogP contribution in [0.2, 0.25) is 0 Å². The SMILES string of the molecule is CCCCCCCCCCCCCC(=O)N[C@@H](CC(C)=O)C(=O)OCCCCCCCCC. The number of unbranched alkanes of at least 4 members (excludes halogenated alkanes) is 16. The highest BCUT2D eigenvalue weighted by atomic mass is 16.5. The summed E-state index contributed by atoms with van der Waals surface area (Å²) in [5, 5.41) is 2.72. The number of nitrogens with one attached hydrogen (secondary N) is 1. The number of amides is 1. The predicted molar refractivity (Wildman–Crippen MR) is 137 cm³/mol. The Morgan fingerprint density at radius 2 is 1.06 bits per heavy atom. The third-order valence-corrected chi connectivity index (χ3v) is 6.11. The number of ether oxygens (including phenoxy) is 1. The average molecular weight is 468 g/mol. The first-order valence-electron chi connectivity index (χ1n) is 14.0. The van der Waals surface area contributed by atoms with E-state index >= 15 is 0 Å². The zero-order chi connectivity index (χ0) is 24.6. The lowest BCUT2D eigenvalue weighted by Crippen LogP contribution is -2.43. The third kappa shape index (κ3) is 22.2. The lowest BCUT2D eigenvalue weighted by Gasteiger charge is -2.16. The zero-order valence-electron chi connectivity index (χ0n) is 22.1. The molecule has 1 atom stereocenters. The van der Waals surface area contributed by atoms with E-state index in [1.165, 1.54) is 84.0 Å². The van der Waals surface area contributed by atoms with Crippen molar-refractivity contribution < 1.29 is 19.1 Å². The molecule has 5 nitrogen and oxygen atoms in total. The second-order valence-corrected chi connectivity index (χ2v) is 9.60. The minimum Gasteiger partial charge on any atom is -0.464 e. The summed E-state index contributed by atoms with van der Waals surface area (Å²) in [6.07, 6.45) is 22.0. The topological polar surface area (TPSA) is 72.5 Å². The summed E-state index contributed by atoms with van der Waals surface area (Å²) in [7, 11) is 0. The summed E-state index contributed by atoms with van der Waals surface area (Å²) in [5.41, 5.74) is 0. The summed E-state index contributed by atoms with van der Waals surface area (Å²) in [5.74, 6) is -0.767. The predicted octanol–water partition coefficient (Wildman–Crippen LogP) is 7.45. The van der Waals surface area contributed by atoms with Gasteiger partial charge in [-0.3, -0.25) is 9.59 Å². The molecule has 1 N–H and O–H groups in total. The van der Waals surface area contributed by atoms with Crippen LogP contribution < -0.4 is 5.32 Å². The van der Waals surface area contributed by atoms with E-state index in [0.717, 1.165) is 38.5 Å². The Labute approximate surface area is 204 Å². The van der Waals surface area contributed by atoms with Crippen LogP contribution in [0.3, 0.4) is 0 Å². The number of rotatable bonds is 24. The molecule has 0 saturated heterocycles. The highest BCUT2D eigenvalue weighted by Crippen LogP contribution is 2.12. The van der Waals surface area contributed by atoms with E-state index < -0.39 is 12.0 Å². The number of hydrogen-bond donors (Lipinski definition) is 1. The highest BCUT2D eigenvalue weighted by molar-refractivity contribution is 5.89. The highest BCUT2D eigenvalue weighted by Gasteiger charge is 2.23. The van der Waals surface area contributed by atoms with Crippen LogP contribution in [0.5, 0.6) is 0 Å². The average Bonchev–Trinajstić information content (AvgIpc) is 2.78. The van der Waals surface area contributed by atoms with Gasteiger partial charge in [0.15, 0.2) is 0 Å². The molecule has 0 aliphatic rings. The molecule has 5 heteroatoms. The van der Waals surface area contributed by atoms with Crippen molar-refractivity contribution in [3.63, 3.8) is 0 Å². The Bertz CT molecular complexity index is 492. The quantitative estimate of drug-likeness (QED) is 0.118. The van der Waals surface area contributed by atoms with Gasteiger partial charge in [0, 0.05) is 12.8 Å². The van der Waals surface area contributed by atoms with Crippen molar-refractivity contribution in [1.29, 1.82) is 0 Å². The Morgan fingerprint density at radius 3 is 1.52 bits per heavy atom. The summed E-state index contributed by atoms with van der Waals surface area (Å²) in [4.78, 5) is 36.2. The molecule has 0 aliphatic carbocycles. The van der Waals surface area contributed by atoms with Crippen molar-refractivity contribution in [1.82, 2.24) is 5.32 Å². The van der Waals surface area contributed by atoms with Gasteiger partial charge in [-0.1, -0.05) is 117 Å². The van der Waals surface area contributed by atoms with Crippen LogP contribution in [-0.2, 0) is 19.1 Å². The normalized spacial score (nSPS) is 11.8.